The molecule has 13 nitrogen and oxygen atoms in total. The van der Waals surface area contributed by atoms with Gasteiger partial charge in [-0.05, 0) is 6.92 Å². The summed E-state index contributed by atoms with van der Waals surface area (Å²) in [4.78, 5) is 0. The number of ether oxygens (including phenoxy) is 6. The maximum absolute atomic E-state index is 10.3. The molecule has 3 fully saturated rings. The summed E-state index contributed by atoms with van der Waals surface area (Å²) in [5.41, 5.74) is 0. The molecule has 13 heteroatoms. The number of hydrogen-bond acceptors (Lipinski definition) is 13. The van der Waals surface area contributed by atoms with Gasteiger partial charge in [-0.2, -0.15) is 0 Å². The van der Waals surface area contributed by atoms with E-state index in [1.54, 1.807) is 6.92 Å². The molecule has 3 aliphatic heterocycles. The predicted molar refractivity (Wildman–Crippen MR) is 102 cm³/mol. The first kappa shape index (κ1) is 26.1. The highest BCUT2D eigenvalue weighted by atomic mass is 16.8. The molecule has 0 aromatic rings. The van der Waals surface area contributed by atoms with E-state index in [1.807, 2.05) is 0 Å². The largest absolute Gasteiger partial charge is 0.394 e. The molecule has 0 spiro atoms. The first-order valence-corrected chi connectivity index (χ1v) is 10.6. The van der Waals surface area contributed by atoms with E-state index in [0.29, 0.717) is 0 Å². The topological polar surface area (TPSA) is 197 Å². The van der Waals surface area contributed by atoms with Gasteiger partial charge in [0.2, 0.25) is 0 Å². The Balaban J connectivity index is 1.78. The van der Waals surface area contributed by atoms with Crippen LogP contribution in [-0.4, -0.2) is 136 Å². The third-order valence-corrected chi connectivity index (χ3v) is 6.03. The Morgan fingerprint density at radius 1 is 0.750 bits per heavy atom. The van der Waals surface area contributed by atoms with Crippen molar-refractivity contribution in [2.75, 3.05) is 20.3 Å². The van der Waals surface area contributed by atoms with E-state index in [-0.39, 0.29) is 19.4 Å². The molecule has 7 N–H and O–H groups in total. The first-order chi connectivity index (χ1) is 15.2. The highest BCUT2D eigenvalue weighted by molar-refractivity contribution is 4.92. The van der Waals surface area contributed by atoms with Gasteiger partial charge in [0.1, 0.15) is 36.6 Å². The molecule has 0 amide bonds. The summed E-state index contributed by atoms with van der Waals surface area (Å²) in [7, 11) is 1.33. The zero-order chi connectivity index (χ0) is 23.6. The molecule has 3 rings (SSSR count). The second kappa shape index (κ2) is 11.3. The van der Waals surface area contributed by atoms with Crippen LogP contribution < -0.4 is 0 Å². The molecule has 3 saturated heterocycles. The van der Waals surface area contributed by atoms with Gasteiger partial charge in [0, 0.05) is 20.0 Å². The lowest BCUT2D eigenvalue weighted by Gasteiger charge is -2.46. The highest BCUT2D eigenvalue weighted by Gasteiger charge is 2.50. The zero-order valence-corrected chi connectivity index (χ0v) is 17.9. The number of methoxy groups -OCH3 is 1. The van der Waals surface area contributed by atoms with E-state index < -0.39 is 86.5 Å². The Labute approximate surface area is 185 Å². The average molecular weight is 470 g/mol. The van der Waals surface area contributed by atoms with Gasteiger partial charge in [-0.25, -0.2) is 0 Å². The maximum atomic E-state index is 10.3. The minimum Gasteiger partial charge on any atom is -0.394 e. The summed E-state index contributed by atoms with van der Waals surface area (Å²) < 4.78 is 33.7. The Hall–Kier alpha value is -0.520. The normalized spacial score (nSPS) is 50.3. The van der Waals surface area contributed by atoms with Crippen molar-refractivity contribution >= 4 is 0 Å². The summed E-state index contributed by atoms with van der Waals surface area (Å²) >= 11 is 0. The molecular weight excluding hydrogens is 436 g/mol. The Morgan fingerprint density at radius 2 is 1.47 bits per heavy atom. The van der Waals surface area contributed by atoms with Gasteiger partial charge in [0.25, 0.3) is 0 Å². The summed E-state index contributed by atoms with van der Waals surface area (Å²) in [6, 6.07) is 0. The molecular formula is C19H34O13. The van der Waals surface area contributed by atoms with Gasteiger partial charge >= 0.3 is 0 Å². The van der Waals surface area contributed by atoms with Crippen LogP contribution in [0.25, 0.3) is 0 Å². The minimum absolute atomic E-state index is 0.0322. The van der Waals surface area contributed by atoms with Gasteiger partial charge in [0.05, 0.1) is 37.6 Å². The monoisotopic (exact) mass is 470 g/mol. The van der Waals surface area contributed by atoms with Crippen molar-refractivity contribution in [3.63, 3.8) is 0 Å². The van der Waals surface area contributed by atoms with E-state index in [2.05, 4.69) is 0 Å². The molecule has 3 aliphatic rings. The molecule has 0 saturated carbocycles. The van der Waals surface area contributed by atoms with Crippen molar-refractivity contribution in [1.82, 2.24) is 0 Å². The van der Waals surface area contributed by atoms with Crippen molar-refractivity contribution in [2.24, 2.45) is 0 Å². The number of aliphatic hydroxyl groups excluding tert-OH is 7. The third kappa shape index (κ3) is 5.58. The van der Waals surface area contributed by atoms with Crippen LogP contribution >= 0.6 is 0 Å². The average Bonchev–Trinajstić information content (AvgIpc) is 2.78. The first-order valence-electron chi connectivity index (χ1n) is 10.6. The van der Waals surface area contributed by atoms with Gasteiger partial charge < -0.3 is 64.2 Å². The number of hydrogen-bond donors (Lipinski definition) is 7. The molecule has 0 unspecified atom stereocenters. The predicted octanol–water partition coefficient (Wildman–Crippen LogP) is -3.83. The van der Waals surface area contributed by atoms with E-state index in [4.69, 9.17) is 28.4 Å². The van der Waals surface area contributed by atoms with E-state index in [9.17, 15) is 35.7 Å². The van der Waals surface area contributed by atoms with Crippen LogP contribution in [0.3, 0.4) is 0 Å². The Kier molecular flexibility index (Phi) is 9.19. The molecule has 0 aromatic carbocycles. The second-order valence-corrected chi connectivity index (χ2v) is 8.33. The summed E-state index contributed by atoms with van der Waals surface area (Å²) in [5.74, 6) is 0. The van der Waals surface area contributed by atoms with Crippen LogP contribution in [0.5, 0.6) is 0 Å². The maximum Gasteiger partial charge on any atom is 0.187 e. The molecule has 0 aromatic heterocycles. The second-order valence-electron chi connectivity index (χ2n) is 8.33. The minimum atomic E-state index is -1.66. The fraction of sp³-hybridized carbons (Fsp3) is 1.00. The van der Waals surface area contributed by atoms with Gasteiger partial charge in [0.15, 0.2) is 18.9 Å². The number of aliphatic hydroxyl groups is 7. The van der Waals surface area contributed by atoms with Crippen LogP contribution in [0.4, 0.5) is 0 Å². The van der Waals surface area contributed by atoms with Gasteiger partial charge in [-0.15, -0.1) is 0 Å². The zero-order valence-electron chi connectivity index (χ0n) is 17.9. The molecule has 13 atom stereocenters. The van der Waals surface area contributed by atoms with Crippen molar-refractivity contribution in [3.05, 3.63) is 0 Å². The van der Waals surface area contributed by atoms with E-state index in [1.165, 1.54) is 7.11 Å². The number of rotatable bonds is 7. The SMILES string of the molecule is CO[C@H]1O[C@H](CO)C[C@H](O[C@H]2O[C@H](C)[C@H](O)C[C@H]2O)[C@@H]1O[C@H]1O[C@H](CO)[C@H](O)[C@H](O)[C@H]1O. The van der Waals surface area contributed by atoms with E-state index in [0.717, 1.165) is 0 Å². The lowest BCUT2D eigenvalue weighted by Crippen LogP contribution is -2.62. The van der Waals surface area contributed by atoms with Gasteiger partial charge in [-0.3, -0.25) is 0 Å². The summed E-state index contributed by atoms with van der Waals surface area (Å²) in [6.07, 6.45) is -14.9. The summed E-state index contributed by atoms with van der Waals surface area (Å²) in [6.45, 7) is 0.650. The van der Waals surface area contributed by atoms with Crippen molar-refractivity contribution in [3.8, 4) is 0 Å². The molecule has 3 heterocycles. The quantitative estimate of drug-likeness (QED) is 0.191. The van der Waals surface area contributed by atoms with E-state index >= 15 is 0 Å². The lowest BCUT2D eigenvalue weighted by atomic mass is 9.98. The molecule has 0 aliphatic carbocycles. The molecule has 0 bridgehead atoms. The lowest BCUT2D eigenvalue weighted by molar-refractivity contribution is -0.371. The Morgan fingerprint density at radius 3 is 2.09 bits per heavy atom. The smallest absolute Gasteiger partial charge is 0.187 e. The third-order valence-electron chi connectivity index (χ3n) is 6.03. The summed E-state index contributed by atoms with van der Waals surface area (Å²) in [5, 5.41) is 69.5. The highest BCUT2D eigenvalue weighted by Crippen LogP contribution is 2.33. The van der Waals surface area contributed by atoms with Crippen molar-refractivity contribution in [2.45, 2.75) is 99.7 Å². The van der Waals surface area contributed by atoms with Crippen molar-refractivity contribution in [1.29, 1.82) is 0 Å². The van der Waals surface area contributed by atoms with Crippen LogP contribution in [0.2, 0.25) is 0 Å². The Bertz CT molecular complexity index is 579. The van der Waals surface area contributed by atoms with Crippen LogP contribution in [-0.2, 0) is 28.4 Å². The molecule has 188 valence electrons. The standard InChI is InChI=1S/C19H34O13/c1-7-9(22)4-10(23)17(28-7)30-11-3-8(5-20)29-19(27-2)16(11)32-18-15(26)14(25)13(24)12(6-21)31-18/h7-26H,3-6H2,1-2H3/t7-,8+,9-,10-,11+,12-,13+,14+,15-,16+,17-,18-,19+/m1/s1. The molecule has 0 radical (unpaired) electrons. The van der Waals surface area contributed by atoms with Gasteiger partial charge in [-0.1, -0.05) is 0 Å². The van der Waals surface area contributed by atoms with Crippen LogP contribution in [0.1, 0.15) is 19.8 Å². The van der Waals surface area contributed by atoms with Crippen LogP contribution in [0.15, 0.2) is 0 Å². The molecule has 32 heavy (non-hydrogen) atoms. The van der Waals surface area contributed by atoms with Crippen LogP contribution in [0, 0.1) is 0 Å². The van der Waals surface area contributed by atoms with Crippen molar-refractivity contribution < 1.29 is 64.2 Å². The fourth-order valence-electron chi connectivity index (χ4n) is 4.06. The fourth-order valence-corrected chi connectivity index (χ4v) is 4.06.